The number of carbonyl (C=O) groups is 1. The van der Waals surface area contributed by atoms with Gasteiger partial charge in [0.05, 0.1) is 6.04 Å². The highest BCUT2D eigenvalue weighted by Crippen LogP contribution is 2.03. The normalized spacial score (nSPS) is 13.9. The minimum absolute atomic E-state index is 0.0809. The highest BCUT2D eigenvalue weighted by atomic mass is 16.1. The molecule has 12 heavy (non-hydrogen) atoms. The molecule has 1 unspecified atom stereocenters. The lowest BCUT2D eigenvalue weighted by molar-refractivity contribution is -0.123. The highest BCUT2D eigenvalue weighted by molar-refractivity contribution is 5.83. The van der Waals surface area contributed by atoms with Crippen molar-refractivity contribution in [2.24, 2.45) is 5.92 Å². The molecule has 0 bridgehead atoms. The van der Waals surface area contributed by atoms with Gasteiger partial charge in [-0.3, -0.25) is 9.69 Å². The Balaban J connectivity index is 3.91. The average Bonchev–Trinajstić information content (AvgIpc) is 2.00. The van der Waals surface area contributed by atoms with Gasteiger partial charge >= 0.3 is 0 Å². The molecule has 0 aliphatic heterocycles. The SMILES string of the molecule is CCC(=O)C(C)N(C)CC(C)C. The van der Waals surface area contributed by atoms with E-state index in [9.17, 15) is 4.79 Å². The van der Waals surface area contributed by atoms with Crippen LogP contribution in [0.25, 0.3) is 0 Å². The van der Waals surface area contributed by atoms with Crippen molar-refractivity contribution in [2.75, 3.05) is 13.6 Å². The van der Waals surface area contributed by atoms with Crippen molar-refractivity contribution in [2.45, 2.75) is 40.2 Å². The molecule has 1 atom stereocenters. The number of nitrogens with zero attached hydrogens (tertiary/aromatic N) is 1. The highest BCUT2D eigenvalue weighted by Gasteiger charge is 2.16. The number of Topliss-reactive ketones (excluding diaryl/α,β-unsaturated/α-hetero) is 1. The van der Waals surface area contributed by atoms with Crippen LogP contribution in [0.4, 0.5) is 0 Å². The van der Waals surface area contributed by atoms with Crippen molar-refractivity contribution in [3.63, 3.8) is 0 Å². The minimum Gasteiger partial charge on any atom is -0.298 e. The molecule has 0 saturated carbocycles. The first-order valence-corrected chi connectivity index (χ1v) is 4.72. The molecule has 0 aliphatic rings. The fraction of sp³-hybridized carbons (Fsp3) is 0.900. The zero-order valence-corrected chi connectivity index (χ0v) is 8.92. The van der Waals surface area contributed by atoms with Gasteiger partial charge in [-0.05, 0) is 19.9 Å². The lowest BCUT2D eigenvalue weighted by Crippen LogP contribution is -2.37. The fourth-order valence-electron chi connectivity index (χ4n) is 1.28. The van der Waals surface area contributed by atoms with E-state index in [4.69, 9.17) is 0 Å². The zero-order chi connectivity index (χ0) is 9.72. The first-order chi connectivity index (χ1) is 5.49. The van der Waals surface area contributed by atoms with Crippen LogP contribution in [0.1, 0.15) is 34.1 Å². The maximum Gasteiger partial charge on any atom is 0.149 e. The predicted molar refractivity (Wildman–Crippen MR) is 52.2 cm³/mol. The molecule has 0 spiro atoms. The molecular formula is C10H21NO. The number of rotatable bonds is 5. The number of ketones is 1. The van der Waals surface area contributed by atoms with Gasteiger partial charge in [0.2, 0.25) is 0 Å². The third kappa shape index (κ3) is 3.86. The van der Waals surface area contributed by atoms with E-state index in [0.29, 0.717) is 18.1 Å². The van der Waals surface area contributed by atoms with Gasteiger partial charge in [-0.25, -0.2) is 0 Å². The smallest absolute Gasteiger partial charge is 0.149 e. The number of hydrogen-bond donors (Lipinski definition) is 0. The average molecular weight is 171 g/mol. The van der Waals surface area contributed by atoms with Gasteiger partial charge in [0.1, 0.15) is 5.78 Å². The Morgan fingerprint density at radius 3 is 2.17 bits per heavy atom. The molecule has 0 aromatic heterocycles. The summed E-state index contributed by atoms with van der Waals surface area (Å²) in [5.74, 6) is 0.959. The van der Waals surface area contributed by atoms with Crippen molar-refractivity contribution < 1.29 is 4.79 Å². The van der Waals surface area contributed by atoms with Crippen molar-refractivity contribution in [3.8, 4) is 0 Å². The van der Waals surface area contributed by atoms with E-state index >= 15 is 0 Å². The second kappa shape index (κ2) is 5.31. The molecule has 0 aromatic carbocycles. The van der Waals surface area contributed by atoms with Crippen LogP contribution in [-0.2, 0) is 4.79 Å². The maximum absolute atomic E-state index is 11.3. The van der Waals surface area contributed by atoms with Gasteiger partial charge in [-0.2, -0.15) is 0 Å². The molecule has 0 N–H and O–H groups in total. The lowest BCUT2D eigenvalue weighted by atomic mass is 10.1. The molecule has 0 amide bonds. The standard InChI is InChI=1S/C10H21NO/c1-6-10(12)9(4)11(5)7-8(2)3/h8-9H,6-7H2,1-5H3. The molecule has 0 aliphatic carbocycles. The third-order valence-corrected chi connectivity index (χ3v) is 2.13. The van der Waals surface area contributed by atoms with Crippen molar-refractivity contribution in [3.05, 3.63) is 0 Å². The van der Waals surface area contributed by atoms with Gasteiger partial charge < -0.3 is 0 Å². The van der Waals surface area contributed by atoms with Crippen LogP contribution < -0.4 is 0 Å². The quantitative estimate of drug-likeness (QED) is 0.630. The second-order valence-electron chi connectivity index (χ2n) is 3.83. The van der Waals surface area contributed by atoms with Crippen molar-refractivity contribution in [1.29, 1.82) is 0 Å². The first-order valence-electron chi connectivity index (χ1n) is 4.72. The summed E-state index contributed by atoms with van der Waals surface area (Å²) in [5, 5.41) is 0. The van der Waals surface area contributed by atoms with E-state index in [1.54, 1.807) is 0 Å². The molecule has 2 nitrogen and oxygen atoms in total. The van der Waals surface area contributed by atoms with Crippen LogP contribution >= 0.6 is 0 Å². The van der Waals surface area contributed by atoms with Crippen molar-refractivity contribution >= 4 is 5.78 Å². The number of hydrogen-bond acceptors (Lipinski definition) is 2. The molecule has 0 rings (SSSR count). The second-order valence-corrected chi connectivity index (χ2v) is 3.83. The summed E-state index contributed by atoms with van der Waals surface area (Å²) >= 11 is 0. The van der Waals surface area contributed by atoms with E-state index in [1.165, 1.54) is 0 Å². The van der Waals surface area contributed by atoms with Crippen LogP contribution in [0, 0.1) is 5.92 Å². The summed E-state index contributed by atoms with van der Waals surface area (Å²) in [6, 6.07) is 0.0809. The van der Waals surface area contributed by atoms with Crippen LogP contribution in [0.3, 0.4) is 0 Å². The summed E-state index contributed by atoms with van der Waals surface area (Å²) in [6.45, 7) is 9.22. The molecule has 0 radical (unpaired) electrons. The Kier molecular flexibility index (Phi) is 5.14. The Bertz CT molecular complexity index is 143. The van der Waals surface area contributed by atoms with Crippen molar-refractivity contribution in [1.82, 2.24) is 4.90 Å². The minimum atomic E-state index is 0.0809. The Morgan fingerprint density at radius 2 is 1.83 bits per heavy atom. The Labute approximate surface area is 75.9 Å². The molecule has 0 heterocycles. The summed E-state index contributed by atoms with van der Waals surface area (Å²) in [5.41, 5.74) is 0. The summed E-state index contributed by atoms with van der Waals surface area (Å²) in [6.07, 6.45) is 0.642. The van der Waals surface area contributed by atoms with E-state index in [0.717, 1.165) is 6.54 Å². The van der Waals surface area contributed by atoms with E-state index < -0.39 is 0 Å². The fourth-order valence-corrected chi connectivity index (χ4v) is 1.28. The lowest BCUT2D eigenvalue weighted by Gasteiger charge is -2.24. The summed E-state index contributed by atoms with van der Waals surface area (Å²) in [4.78, 5) is 13.4. The topological polar surface area (TPSA) is 20.3 Å². The third-order valence-electron chi connectivity index (χ3n) is 2.13. The van der Waals surface area contributed by atoms with Crippen LogP contribution in [0.15, 0.2) is 0 Å². The maximum atomic E-state index is 11.3. The van der Waals surface area contributed by atoms with E-state index in [2.05, 4.69) is 18.7 Å². The number of carbonyl (C=O) groups excluding carboxylic acids is 1. The van der Waals surface area contributed by atoms with Gasteiger partial charge in [0.15, 0.2) is 0 Å². The molecule has 0 saturated heterocycles. The van der Waals surface area contributed by atoms with E-state index in [-0.39, 0.29) is 6.04 Å². The van der Waals surface area contributed by atoms with Gasteiger partial charge in [0.25, 0.3) is 0 Å². The predicted octanol–water partition coefficient (Wildman–Crippen LogP) is 1.94. The molecular weight excluding hydrogens is 150 g/mol. The number of likely N-dealkylation sites (N-methyl/N-ethyl adjacent to an activating group) is 1. The van der Waals surface area contributed by atoms with Gasteiger partial charge in [-0.15, -0.1) is 0 Å². The van der Waals surface area contributed by atoms with Crippen LogP contribution in [-0.4, -0.2) is 30.3 Å². The largest absolute Gasteiger partial charge is 0.298 e. The first kappa shape index (κ1) is 11.6. The zero-order valence-electron chi connectivity index (χ0n) is 8.92. The molecule has 0 fully saturated rings. The molecule has 72 valence electrons. The Morgan fingerprint density at radius 1 is 1.33 bits per heavy atom. The Hall–Kier alpha value is -0.370. The molecule has 0 aromatic rings. The monoisotopic (exact) mass is 171 g/mol. The van der Waals surface area contributed by atoms with Crippen LogP contribution in [0.2, 0.25) is 0 Å². The van der Waals surface area contributed by atoms with E-state index in [1.807, 2.05) is 20.9 Å². The summed E-state index contributed by atoms with van der Waals surface area (Å²) < 4.78 is 0. The molecule has 2 heteroatoms. The van der Waals surface area contributed by atoms with Crippen LogP contribution in [0.5, 0.6) is 0 Å². The van der Waals surface area contributed by atoms with Gasteiger partial charge in [0, 0.05) is 13.0 Å². The van der Waals surface area contributed by atoms with Gasteiger partial charge in [-0.1, -0.05) is 20.8 Å². The summed E-state index contributed by atoms with van der Waals surface area (Å²) in [7, 11) is 2.01.